The lowest BCUT2D eigenvalue weighted by molar-refractivity contribution is -0.126. The van der Waals surface area contributed by atoms with E-state index in [1.807, 2.05) is 24.3 Å². The molecule has 0 aromatic heterocycles. The zero-order valence-corrected chi connectivity index (χ0v) is 15.9. The van der Waals surface area contributed by atoms with E-state index in [9.17, 15) is 4.79 Å². The van der Waals surface area contributed by atoms with Crippen molar-refractivity contribution in [3.63, 3.8) is 0 Å². The molecule has 0 spiro atoms. The third-order valence-electron chi connectivity index (χ3n) is 5.23. The summed E-state index contributed by atoms with van der Waals surface area (Å²) in [5, 5.41) is 3.11. The van der Waals surface area contributed by atoms with Crippen LogP contribution in [-0.2, 0) is 10.3 Å². The number of carbonyl (C=O) groups excluding carboxylic acids is 1. The minimum atomic E-state index is -1.02. The number of halogens is 1. The van der Waals surface area contributed by atoms with Crippen LogP contribution in [0.15, 0.2) is 28.7 Å². The highest BCUT2D eigenvalue weighted by atomic mass is 79.9. The number of nitrogens with zero attached hydrogens (tertiary/aromatic N) is 1. The first kappa shape index (κ1) is 18.4. The maximum absolute atomic E-state index is 12.7. The van der Waals surface area contributed by atoms with Gasteiger partial charge in [-0.15, -0.1) is 0 Å². The molecule has 1 aliphatic carbocycles. The van der Waals surface area contributed by atoms with Crippen LogP contribution >= 0.6 is 15.9 Å². The van der Waals surface area contributed by atoms with Crippen LogP contribution in [0, 0.1) is 0 Å². The molecule has 23 heavy (non-hydrogen) atoms. The maximum Gasteiger partial charge on any atom is 0.244 e. The second-order valence-electron chi connectivity index (χ2n) is 7.07. The molecule has 1 saturated carbocycles. The van der Waals surface area contributed by atoms with Crippen molar-refractivity contribution in [2.24, 2.45) is 5.73 Å². The first-order chi connectivity index (χ1) is 10.8. The van der Waals surface area contributed by atoms with Crippen LogP contribution in [-0.4, -0.2) is 37.0 Å². The summed E-state index contributed by atoms with van der Waals surface area (Å²) < 4.78 is 0.978. The molecule has 1 unspecified atom stereocenters. The number of nitrogens with two attached hydrogens (primary N) is 1. The quantitative estimate of drug-likeness (QED) is 0.823. The summed E-state index contributed by atoms with van der Waals surface area (Å²) in [6.45, 7) is 2.43. The van der Waals surface area contributed by atoms with Gasteiger partial charge < -0.3 is 16.0 Å². The molecule has 1 aliphatic rings. The molecule has 1 fully saturated rings. The van der Waals surface area contributed by atoms with Crippen LogP contribution in [0.5, 0.6) is 0 Å². The van der Waals surface area contributed by atoms with Gasteiger partial charge in [0.25, 0.3) is 0 Å². The van der Waals surface area contributed by atoms with Gasteiger partial charge >= 0.3 is 0 Å². The van der Waals surface area contributed by atoms with Gasteiger partial charge in [-0.25, -0.2) is 0 Å². The molecule has 0 aliphatic heterocycles. The second kappa shape index (κ2) is 7.32. The molecule has 0 radical (unpaired) electrons. The Hall–Kier alpha value is -0.910. The Balaban J connectivity index is 2.06. The van der Waals surface area contributed by atoms with E-state index in [0.717, 1.165) is 22.9 Å². The molecular weight excluding hydrogens is 354 g/mol. The molecular formula is C18H28BrN3O. The molecule has 0 saturated heterocycles. The van der Waals surface area contributed by atoms with Crippen molar-refractivity contribution < 1.29 is 4.79 Å². The van der Waals surface area contributed by atoms with Crippen LogP contribution in [0.2, 0.25) is 0 Å². The summed E-state index contributed by atoms with van der Waals surface area (Å²) in [4.78, 5) is 15.0. The topological polar surface area (TPSA) is 58.4 Å². The van der Waals surface area contributed by atoms with Gasteiger partial charge in [-0.1, -0.05) is 47.3 Å². The monoisotopic (exact) mass is 381 g/mol. The summed E-state index contributed by atoms with van der Waals surface area (Å²) in [6.07, 6.45) is 5.98. The van der Waals surface area contributed by atoms with Gasteiger partial charge in [-0.2, -0.15) is 0 Å². The van der Waals surface area contributed by atoms with E-state index in [-0.39, 0.29) is 11.4 Å². The minimum Gasteiger partial charge on any atom is -0.352 e. The Kier molecular flexibility index (Phi) is 5.87. The highest BCUT2D eigenvalue weighted by molar-refractivity contribution is 9.10. The smallest absolute Gasteiger partial charge is 0.244 e. The Bertz CT molecular complexity index is 534. The average Bonchev–Trinajstić information content (AvgIpc) is 2.53. The number of carbonyl (C=O) groups is 1. The Morgan fingerprint density at radius 3 is 2.35 bits per heavy atom. The maximum atomic E-state index is 12.7. The van der Waals surface area contributed by atoms with Crippen molar-refractivity contribution in [2.75, 3.05) is 20.6 Å². The molecule has 5 heteroatoms. The highest BCUT2D eigenvalue weighted by Crippen LogP contribution is 2.32. The number of hydrogen-bond acceptors (Lipinski definition) is 3. The van der Waals surface area contributed by atoms with Crippen molar-refractivity contribution in [1.82, 2.24) is 10.2 Å². The molecule has 0 bridgehead atoms. The number of benzene rings is 1. The van der Waals surface area contributed by atoms with E-state index >= 15 is 0 Å². The zero-order valence-electron chi connectivity index (χ0n) is 14.4. The normalized spacial score (nSPS) is 20.1. The van der Waals surface area contributed by atoms with Crippen molar-refractivity contribution in [3.05, 3.63) is 34.3 Å². The number of nitrogens with one attached hydrogen (secondary N) is 1. The molecule has 2 rings (SSSR count). The lowest BCUT2D eigenvalue weighted by atomic mass is 9.80. The number of likely N-dealkylation sites (N-methyl/N-ethyl adjacent to an activating group) is 1. The lowest BCUT2D eigenvalue weighted by Gasteiger charge is -2.43. The van der Waals surface area contributed by atoms with Crippen LogP contribution in [0.3, 0.4) is 0 Å². The Labute approximate surface area is 147 Å². The van der Waals surface area contributed by atoms with Gasteiger partial charge in [0.2, 0.25) is 5.91 Å². The van der Waals surface area contributed by atoms with E-state index in [4.69, 9.17) is 5.73 Å². The zero-order chi connectivity index (χ0) is 17.1. The summed E-state index contributed by atoms with van der Waals surface area (Å²) in [5.41, 5.74) is 6.18. The fourth-order valence-electron chi connectivity index (χ4n) is 3.35. The van der Waals surface area contributed by atoms with E-state index < -0.39 is 5.54 Å². The van der Waals surface area contributed by atoms with Gasteiger partial charge in [-0.3, -0.25) is 4.79 Å². The van der Waals surface area contributed by atoms with Crippen molar-refractivity contribution in [2.45, 2.75) is 50.1 Å². The molecule has 4 nitrogen and oxygen atoms in total. The van der Waals surface area contributed by atoms with Crippen LogP contribution in [0.1, 0.15) is 44.6 Å². The van der Waals surface area contributed by atoms with Crippen LogP contribution in [0.4, 0.5) is 0 Å². The van der Waals surface area contributed by atoms with Gasteiger partial charge in [0.15, 0.2) is 0 Å². The number of amides is 1. The largest absolute Gasteiger partial charge is 0.352 e. The first-order valence-corrected chi connectivity index (χ1v) is 9.08. The van der Waals surface area contributed by atoms with Gasteiger partial charge in [0, 0.05) is 16.6 Å². The predicted molar refractivity (Wildman–Crippen MR) is 98.2 cm³/mol. The Morgan fingerprint density at radius 1 is 1.26 bits per heavy atom. The molecule has 0 heterocycles. The van der Waals surface area contributed by atoms with Crippen LogP contribution in [0.25, 0.3) is 0 Å². The summed E-state index contributed by atoms with van der Waals surface area (Å²) in [5.74, 6) is -0.119. The molecule has 1 amide bonds. The van der Waals surface area contributed by atoms with Gasteiger partial charge in [0.05, 0.1) is 0 Å². The third kappa shape index (κ3) is 4.14. The number of hydrogen-bond donors (Lipinski definition) is 2. The van der Waals surface area contributed by atoms with E-state index in [1.165, 1.54) is 19.3 Å². The predicted octanol–water partition coefficient (Wildman–Crippen LogP) is 3.00. The lowest BCUT2D eigenvalue weighted by Crippen LogP contribution is -2.57. The fraction of sp³-hybridized carbons (Fsp3) is 0.611. The molecule has 3 N–H and O–H groups in total. The van der Waals surface area contributed by atoms with Crippen molar-refractivity contribution in [1.29, 1.82) is 0 Å². The second-order valence-corrected chi connectivity index (χ2v) is 7.99. The highest BCUT2D eigenvalue weighted by Gasteiger charge is 2.37. The summed E-state index contributed by atoms with van der Waals surface area (Å²) in [6, 6.07) is 7.62. The minimum absolute atomic E-state index is 0.0592. The fourth-order valence-corrected chi connectivity index (χ4v) is 3.61. The molecule has 1 aromatic carbocycles. The van der Waals surface area contributed by atoms with E-state index in [2.05, 4.69) is 40.2 Å². The van der Waals surface area contributed by atoms with Gasteiger partial charge in [0.1, 0.15) is 5.54 Å². The number of rotatable bonds is 5. The summed E-state index contributed by atoms with van der Waals surface area (Å²) in [7, 11) is 4.21. The molecule has 1 aromatic rings. The Morgan fingerprint density at radius 2 is 1.83 bits per heavy atom. The first-order valence-electron chi connectivity index (χ1n) is 8.29. The average molecular weight is 382 g/mol. The van der Waals surface area contributed by atoms with E-state index in [1.54, 1.807) is 6.92 Å². The van der Waals surface area contributed by atoms with Crippen molar-refractivity contribution in [3.8, 4) is 0 Å². The van der Waals surface area contributed by atoms with Crippen LogP contribution < -0.4 is 11.1 Å². The van der Waals surface area contributed by atoms with Gasteiger partial charge in [-0.05, 0) is 51.6 Å². The standard InChI is InChI=1S/C18H28BrN3O/c1-17(20,14-7-9-15(19)10-8-14)16(23)21-13-18(22(2)3)11-5-4-6-12-18/h7-10H,4-6,11-13,20H2,1-3H3,(H,21,23). The molecule has 1 atom stereocenters. The van der Waals surface area contributed by atoms with E-state index in [0.29, 0.717) is 6.54 Å². The third-order valence-corrected chi connectivity index (χ3v) is 5.76. The molecule has 128 valence electrons. The summed E-state index contributed by atoms with van der Waals surface area (Å²) >= 11 is 3.41. The van der Waals surface area contributed by atoms with Crippen molar-refractivity contribution >= 4 is 21.8 Å². The SMILES string of the molecule is CN(C)C1(CNC(=O)C(C)(N)c2ccc(Br)cc2)CCCCC1.